The van der Waals surface area contributed by atoms with Gasteiger partial charge in [0.25, 0.3) is 0 Å². The van der Waals surface area contributed by atoms with Gasteiger partial charge in [-0.05, 0) is 72.6 Å². The zero-order valence-electron chi connectivity index (χ0n) is 15.3. The minimum atomic E-state index is -0.767. The van der Waals surface area contributed by atoms with Gasteiger partial charge >= 0.3 is 0 Å². The van der Waals surface area contributed by atoms with E-state index in [0.29, 0.717) is 5.92 Å². The molecule has 0 radical (unpaired) electrons. The number of hydrogen-bond donors (Lipinski definition) is 2. The number of alkyl halides is 1. The Labute approximate surface area is 150 Å². The normalized spacial score (nSPS) is 31.9. The lowest BCUT2D eigenvalue weighted by Crippen LogP contribution is -2.41. The summed E-state index contributed by atoms with van der Waals surface area (Å²) >= 11 is 3.62. The first-order valence-corrected chi connectivity index (χ1v) is 9.53. The van der Waals surface area contributed by atoms with Crippen LogP contribution >= 0.6 is 15.9 Å². The Kier molecular flexibility index (Phi) is 7.76. The van der Waals surface area contributed by atoms with E-state index in [2.05, 4.69) is 48.9 Å². The average molecular weight is 385 g/mol. The molecule has 0 spiro atoms. The third-order valence-corrected chi connectivity index (χ3v) is 6.19. The highest BCUT2D eigenvalue weighted by Gasteiger charge is 2.36. The monoisotopic (exact) mass is 384 g/mol. The Hall–Kier alpha value is -0.380. The summed E-state index contributed by atoms with van der Waals surface area (Å²) in [5, 5.41) is 20.6. The Bertz CT molecular complexity index is 468. The molecule has 0 aromatic carbocycles. The molecule has 1 saturated carbocycles. The van der Waals surface area contributed by atoms with Crippen LogP contribution in [-0.4, -0.2) is 26.2 Å². The van der Waals surface area contributed by atoms with Crippen LogP contribution in [-0.2, 0) is 0 Å². The van der Waals surface area contributed by atoms with Crippen LogP contribution in [0, 0.1) is 5.92 Å². The van der Waals surface area contributed by atoms with E-state index in [-0.39, 0.29) is 4.83 Å². The van der Waals surface area contributed by atoms with Gasteiger partial charge in [-0.15, -0.1) is 0 Å². The highest BCUT2D eigenvalue weighted by atomic mass is 79.9. The lowest BCUT2D eigenvalue weighted by molar-refractivity contribution is 0.0214. The number of halogens is 1. The molecule has 0 heterocycles. The van der Waals surface area contributed by atoms with E-state index in [1.165, 1.54) is 11.1 Å². The third-order valence-electron chi connectivity index (χ3n) is 4.83. The Morgan fingerprint density at radius 1 is 1.35 bits per heavy atom. The maximum absolute atomic E-state index is 10.4. The molecule has 2 N–H and O–H groups in total. The van der Waals surface area contributed by atoms with E-state index in [1.807, 2.05) is 26.0 Å². The van der Waals surface area contributed by atoms with Crippen molar-refractivity contribution in [3.63, 3.8) is 0 Å². The molecular formula is C20H33BrO2. The summed E-state index contributed by atoms with van der Waals surface area (Å²) in [6.45, 7) is 10.1. The van der Waals surface area contributed by atoms with Gasteiger partial charge in [0.1, 0.15) is 0 Å². The summed E-state index contributed by atoms with van der Waals surface area (Å²) < 4.78 is 0. The zero-order valence-corrected chi connectivity index (χ0v) is 16.9. The van der Waals surface area contributed by atoms with Crippen LogP contribution < -0.4 is 0 Å². The van der Waals surface area contributed by atoms with Crippen molar-refractivity contribution in [2.24, 2.45) is 5.92 Å². The van der Waals surface area contributed by atoms with Crippen LogP contribution in [0.25, 0.3) is 0 Å². The molecule has 2 nitrogen and oxygen atoms in total. The standard InChI is InChI=1S/C20H33BrO2/c1-15(2)8-6-11-19(4,22)12-7-9-16(3)17-10-13-20(5,23)18(21)14-17/h7-9,12,17-18,22-23H,6,10-11,13-14H2,1-5H3/b12-7+,16-9+/t17-,18-,19-,20+/m0/s1. The lowest BCUT2D eigenvalue weighted by atomic mass is 9.77. The fourth-order valence-corrected chi connectivity index (χ4v) is 3.62. The van der Waals surface area contributed by atoms with Gasteiger partial charge in [0.2, 0.25) is 0 Å². The van der Waals surface area contributed by atoms with Crippen LogP contribution in [0.1, 0.15) is 66.7 Å². The second kappa shape index (κ2) is 8.64. The van der Waals surface area contributed by atoms with Gasteiger partial charge in [0, 0.05) is 4.83 Å². The van der Waals surface area contributed by atoms with Gasteiger partial charge < -0.3 is 10.2 Å². The molecule has 132 valence electrons. The van der Waals surface area contributed by atoms with Crippen molar-refractivity contribution in [3.8, 4) is 0 Å². The number of hydrogen-bond acceptors (Lipinski definition) is 2. The van der Waals surface area contributed by atoms with Gasteiger partial charge in [-0.25, -0.2) is 0 Å². The smallest absolute Gasteiger partial charge is 0.0805 e. The SMILES string of the molecule is CC(C)=CCC[C@](C)(O)/C=C/C=C(\C)[C@H]1CC[C@@](C)(O)[C@@H](Br)C1. The first-order valence-electron chi connectivity index (χ1n) is 8.62. The van der Waals surface area contributed by atoms with Crippen LogP contribution in [0.3, 0.4) is 0 Å². The summed E-state index contributed by atoms with van der Waals surface area (Å²) in [4.78, 5) is 0.147. The van der Waals surface area contributed by atoms with E-state index in [0.717, 1.165) is 32.1 Å². The number of aliphatic hydroxyl groups is 2. The minimum Gasteiger partial charge on any atom is -0.389 e. The van der Waals surface area contributed by atoms with Crippen LogP contribution in [0.4, 0.5) is 0 Å². The summed E-state index contributed by atoms with van der Waals surface area (Å²) in [5.41, 5.74) is 1.25. The van der Waals surface area contributed by atoms with Crippen LogP contribution in [0.2, 0.25) is 0 Å². The van der Waals surface area contributed by atoms with Crippen molar-refractivity contribution in [1.82, 2.24) is 0 Å². The molecule has 0 aromatic rings. The molecule has 0 saturated heterocycles. The molecule has 1 aliphatic rings. The number of rotatable bonds is 6. The summed E-state index contributed by atoms with van der Waals surface area (Å²) in [6, 6.07) is 0. The quantitative estimate of drug-likeness (QED) is 0.370. The highest BCUT2D eigenvalue weighted by Crippen LogP contribution is 2.39. The predicted octanol–water partition coefficient (Wildman–Crippen LogP) is 5.30. The van der Waals surface area contributed by atoms with Gasteiger partial charge in [-0.1, -0.05) is 51.4 Å². The third kappa shape index (κ3) is 7.36. The Balaban J connectivity index is 2.57. The number of allylic oxidation sites excluding steroid dienone is 5. The maximum Gasteiger partial charge on any atom is 0.0805 e. The first-order chi connectivity index (χ1) is 10.5. The Morgan fingerprint density at radius 2 is 2.00 bits per heavy atom. The molecule has 1 rings (SSSR count). The maximum atomic E-state index is 10.4. The molecule has 1 aliphatic carbocycles. The second-order valence-corrected chi connectivity index (χ2v) is 8.85. The molecule has 4 atom stereocenters. The van der Waals surface area contributed by atoms with Gasteiger partial charge in [0.05, 0.1) is 11.2 Å². The molecule has 0 amide bonds. The summed E-state index contributed by atoms with van der Waals surface area (Å²) in [7, 11) is 0. The highest BCUT2D eigenvalue weighted by molar-refractivity contribution is 9.09. The molecule has 23 heavy (non-hydrogen) atoms. The first kappa shape index (κ1) is 20.7. The van der Waals surface area contributed by atoms with Crippen molar-refractivity contribution >= 4 is 15.9 Å². The Morgan fingerprint density at radius 3 is 2.57 bits per heavy atom. The van der Waals surface area contributed by atoms with Crippen LogP contribution in [0.15, 0.2) is 35.5 Å². The van der Waals surface area contributed by atoms with Crippen molar-refractivity contribution in [2.75, 3.05) is 0 Å². The van der Waals surface area contributed by atoms with Crippen molar-refractivity contribution in [3.05, 3.63) is 35.5 Å². The minimum absolute atomic E-state index is 0.147. The largest absolute Gasteiger partial charge is 0.389 e. The summed E-state index contributed by atoms with van der Waals surface area (Å²) in [6.07, 6.45) is 12.6. The second-order valence-electron chi connectivity index (χ2n) is 7.74. The van der Waals surface area contributed by atoms with Gasteiger partial charge in [-0.3, -0.25) is 0 Å². The van der Waals surface area contributed by atoms with Crippen molar-refractivity contribution in [2.45, 2.75) is 82.8 Å². The zero-order chi connectivity index (χ0) is 17.7. The molecular weight excluding hydrogens is 352 g/mol. The fraction of sp³-hybridized carbons (Fsp3) is 0.700. The van der Waals surface area contributed by atoms with E-state index in [4.69, 9.17) is 0 Å². The summed E-state index contributed by atoms with van der Waals surface area (Å²) in [5.74, 6) is 0.500. The molecule has 1 fully saturated rings. The fourth-order valence-electron chi connectivity index (χ4n) is 2.94. The molecule has 0 bridgehead atoms. The van der Waals surface area contributed by atoms with Crippen molar-refractivity contribution in [1.29, 1.82) is 0 Å². The van der Waals surface area contributed by atoms with E-state index in [1.54, 1.807) is 0 Å². The van der Waals surface area contributed by atoms with Gasteiger partial charge in [-0.2, -0.15) is 0 Å². The van der Waals surface area contributed by atoms with E-state index < -0.39 is 11.2 Å². The average Bonchev–Trinajstić information content (AvgIpc) is 2.40. The molecule has 0 unspecified atom stereocenters. The lowest BCUT2D eigenvalue weighted by Gasteiger charge is -2.38. The van der Waals surface area contributed by atoms with E-state index >= 15 is 0 Å². The molecule has 0 aromatic heterocycles. The van der Waals surface area contributed by atoms with E-state index in [9.17, 15) is 10.2 Å². The van der Waals surface area contributed by atoms with Crippen molar-refractivity contribution < 1.29 is 10.2 Å². The van der Waals surface area contributed by atoms with Crippen LogP contribution in [0.5, 0.6) is 0 Å². The molecule has 3 heteroatoms. The molecule has 0 aliphatic heterocycles. The predicted molar refractivity (Wildman–Crippen MR) is 103 cm³/mol. The van der Waals surface area contributed by atoms with Gasteiger partial charge in [0.15, 0.2) is 0 Å². The topological polar surface area (TPSA) is 40.5 Å².